The Kier molecular flexibility index (Phi) is 5.16. The first kappa shape index (κ1) is 14.6. The molecule has 1 heterocycles. The highest BCUT2D eigenvalue weighted by molar-refractivity contribution is 5.90. The van der Waals surface area contributed by atoms with Crippen LogP contribution in [0.4, 0.5) is 5.69 Å². The van der Waals surface area contributed by atoms with E-state index in [9.17, 15) is 10.1 Å². The molecule has 0 saturated carbocycles. The van der Waals surface area contributed by atoms with Gasteiger partial charge in [0.1, 0.15) is 0 Å². The molecule has 0 amide bonds. The SMILES string of the molecule is CCCCCCCCc1ccc([N+](=O)[O-])c2cc[nH]c12. The number of non-ortho nitro benzene ring substituents is 1. The highest BCUT2D eigenvalue weighted by Gasteiger charge is 2.14. The van der Waals surface area contributed by atoms with Crippen LogP contribution in [0.2, 0.25) is 0 Å². The number of nitro groups is 1. The molecule has 0 atom stereocenters. The third-order valence-corrected chi connectivity index (χ3v) is 3.78. The van der Waals surface area contributed by atoms with Crippen molar-refractivity contribution >= 4 is 16.6 Å². The first-order chi connectivity index (χ1) is 9.74. The average molecular weight is 274 g/mol. The summed E-state index contributed by atoms with van der Waals surface area (Å²) in [6.45, 7) is 2.22. The number of aromatic amines is 1. The highest BCUT2D eigenvalue weighted by Crippen LogP contribution is 2.28. The summed E-state index contributed by atoms with van der Waals surface area (Å²) in [7, 11) is 0. The maximum absolute atomic E-state index is 11.0. The lowest BCUT2D eigenvalue weighted by Crippen LogP contribution is -1.93. The van der Waals surface area contributed by atoms with Gasteiger partial charge < -0.3 is 4.98 Å². The number of aromatic nitrogens is 1. The minimum atomic E-state index is -0.315. The number of unbranched alkanes of at least 4 members (excludes halogenated alkanes) is 5. The third-order valence-electron chi connectivity index (χ3n) is 3.78. The van der Waals surface area contributed by atoms with Crippen molar-refractivity contribution in [1.82, 2.24) is 4.98 Å². The van der Waals surface area contributed by atoms with Gasteiger partial charge in [0.05, 0.1) is 15.8 Å². The van der Waals surface area contributed by atoms with Crippen molar-refractivity contribution in [3.05, 3.63) is 40.1 Å². The Labute approximate surface area is 119 Å². The van der Waals surface area contributed by atoms with Crippen molar-refractivity contribution in [2.24, 2.45) is 0 Å². The molecule has 2 aromatic rings. The smallest absolute Gasteiger partial charge is 0.278 e. The summed E-state index contributed by atoms with van der Waals surface area (Å²) >= 11 is 0. The third kappa shape index (κ3) is 3.38. The fourth-order valence-corrected chi connectivity index (χ4v) is 2.66. The van der Waals surface area contributed by atoms with Gasteiger partial charge in [-0.3, -0.25) is 10.1 Å². The molecule has 2 rings (SSSR count). The quantitative estimate of drug-likeness (QED) is 0.419. The number of nitrogens with one attached hydrogen (secondary N) is 1. The summed E-state index contributed by atoms with van der Waals surface area (Å²) in [5.74, 6) is 0. The second-order valence-electron chi connectivity index (χ2n) is 5.29. The van der Waals surface area contributed by atoms with Crippen molar-refractivity contribution in [3.8, 4) is 0 Å². The van der Waals surface area contributed by atoms with Crippen molar-refractivity contribution in [1.29, 1.82) is 0 Å². The number of benzene rings is 1. The lowest BCUT2D eigenvalue weighted by molar-refractivity contribution is -0.383. The Morgan fingerprint density at radius 3 is 2.60 bits per heavy atom. The molecule has 0 aliphatic heterocycles. The molecule has 0 radical (unpaired) electrons. The molecule has 0 unspecified atom stereocenters. The number of hydrogen-bond donors (Lipinski definition) is 1. The number of aryl methyl sites for hydroxylation is 1. The standard InChI is InChI=1S/C16H22N2O2/c1-2-3-4-5-6-7-8-13-9-10-15(18(19)20)14-11-12-17-16(13)14/h9-12,17H,2-8H2,1H3. The topological polar surface area (TPSA) is 58.9 Å². The Morgan fingerprint density at radius 2 is 1.85 bits per heavy atom. The van der Waals surface area contributed by atoms with Gasteiger partial charge in [-0.15, -0.1) is 0 Å². The molecule has 0 fully saturated rings. The van der Waals surface area contributed by atoms with Gasteiger partial charge in [0.25, 0.3) is 5.69 Å². The average Bonchev–Trinajstić information content (AvgIpc) is 2.91. The fourth-order valence-electron chi connectivity index (χ4n) is 2.66. The zero-order chi connectivity index (χ0) is 14.4. The Bertz CT molecular complexity index is 575. The summed E-state index contributed by atoms with van der Waals surface area (Å²) in [4.78, 5) is 13.8. The van der Waals surface area contributed by atoms with Crippen molar-refractivity contribution in [2.45, 2.75) is 51.9 Å². The number of rotatable bonds is 8. The molecular weight excluding hydrogens is 252 g/mol. The monoisotopic (exact) mass is 274 g/mol. The first-order valence-corrected chi connectivity index (χ1v) is 7.47. The molecule has 1 N–H and O–H groups in total. The maximum atomic E-state index is 11.0. The van der Waals surface area contributed by atoms with E-state index in [1.54, 1.807) is 18.3 Å². The minimum absolute atomic E-state index is 0.188. The van der Waals surface area contributed by atoms with E-state index in [1.165, 1.54) is 37.7 Å². The Balaban J connectivity index is 1.99. The number of nitrogens with zero attached hydrogens (tertiary/aromatic N) is 1. The number of fused-ring (bicyclic) bond motifs is 1. The summed E-state index contributed by atoms with van der Waals surface area (Å²) < 4.78 is 0. The van der Waals surface area contributed by atoms with E-state index in [2.05, 4.69) is 11.9 Å². The molecule has 20 heavy (non-hydrogen) atoms. The van der Waals surface area contributed by atoms with Crippen LogP contribution < -0.4 is 0 Å². The molecule has 108 valence electrons. The maximum Gasteiger partial charge on any atom is 0.278 e. The lowest BCUT2D eigenvalue weighted by Gasteiger charge is -2.04. The van der Waals surface area contributed by atoms with Crippen LogP contribution >= 0.6 is 0 Å². The van der Waals surface area contributed by atoms with E-state index < -0.39 is 0 Å². The van der Waals surface area contributed by atoms with Gasteiger partial charge in [-0.2, -0.15) is 0 Å². The van der Waals surface area contributed by atoms with Gasteiger partial charge in [0, 0.05) is 12.3 Å². The molecular formula is C16H22N2O2. The second kappa shape index (κ2) is 7.08. The first-order valence-electron chi connectivity index (χ1n) is 7.47. The normalized spacial score (nSPS) is 11.1. The van der Waals surface area contributed by atoms with Crippen molar-refractivity contribution in [2.75, 3.05) is 0 Å². The molecule has 0 saturated heterocycles. The predicted octanol–water partition coefficient (Wildman–Crippen LogP) is 4.98. The van der Waals surface area contributed by atoms with Crippen LogP contribution in [0.3, 0.4) is 0 Å². The molecule has 4 nitrogen and oxygen atoms in total. The summed E-state index contributed by atoms with van der Waals surface area (Å²) in [6.07, 6.45) is 10.3. The number of nitro benzene ring substituents is 1. The summed E-state index contributed by atoms with van der Waals surface area (Å²) in [5.41, 5.74) is 2.30. The van der Waals surface area contributed by atoms with E-state index in [4.69, 9.17) is 0 Å². The van der Waals surface area contributed by atoms with Gasteiger partial charge in [0.15, 0.2) is 0 Å². The van der Waals surface area contributed by atoms with Gasteiger partial charge in [-0.25, -0.2) is 0 Å². The van der Waals surface area contributed by atoms with Crippen LogP contribution in [-0.2, 0) is 6.42 Å². The van der Waals surface area contributed by atoms with Crippen molar-refractivity contribution in [3.63, 3.8) is 0 Å². The van der Waals surface area contributed by atoms with Crippen LogP contribution in [-0.4, -0.2) is 9.91 Å². The van der Waals surface area contributed by atoms with Crippen LogP contribution in [0.5, 0.6) is 0 Å². The molecule has 0 bridgehead atoms. The van der Waals surface area contributed by atoms with Crippen LogP contribution in [0.15, 0.2) is 24.4 Å². The van der Waals surface area contributed by atoms with Crippen LogP contribution in [0, 0.1) is 10.1 Å². The van der Waals surface area contributed by atoms with Gasteiger partial charge in [0.2, 0.25) is 0 Å². The van der Waals surface area contributed by atoms with Gasteiger partial charge in [-0.05, 0) is 24.5 Å². The number of hydrogen-bond acceptors (Lipinski definition) is 2. The molecule has 0 aliphatic rings. The summed E-state index contributed by atoms with van der Waals surface area (Å²) in [6, 6.07) is 5.31. The Hall–Kier alpha value is -1.84. The lowest BCUT2D eigenvalue weighted by atomic mass is 10.0. The molecule has 0 spiro atoms. The van der Waals surface area contributed by atoms with E-state index in [0.717, 1.165) is 23.7 Å². The van der Waals surface area contributed by atoms with Crippen LogP contribution in [0.25, 0.3) is 10.9 Å². The van der Waals surface area contributed by atoms with E-state index in [0.29, 0.717) is 0 Å². The van der Waals surface area contributed by atoms with E-state index in [-0.39, 0.29) is 10.6 Å². The van der Waals surface area contributed by atoms with Gasteiger partial charge >= 0.3 is 0 Å². The largest absolute Gasteiger partial charge is 0.361 e. The van der Waals surface area contributed by atoms with E-state index in [1.807, 2.05) is 6.07 Å². The minimum Gasteiger partial charge on any atom is -0.361 e. The Morgan fingerprint density at radius 1 is 1.10 bits per heavy atom. The molecule has 4 heteroatoms. The second-order valence-corrected chi connectivity index (χ2v) is 5.29. The molecule has 0 aliphatic carbocycles. The molecule has 1 aromatic heterocycles. The number of H-pyrrole nitrogens is 1. The van der Waals surface area contributed by atoms with Crippen LogP contribution in [0.1, 0.15) is 51.0 Å². The van der Waals surface area contributed by atoms with E-state index >= 15 is 0 Å². The fraction of sp³-hybridized carbons (Fsp3) is 0.500. The predicted molar refractivity (Wildman–Crippen MR) is 82.0 cm³/mol. The summed E-state index contributed by atoms with van der Waals surface area (Å²) in [5, 5.41) is 11.7. The molecule has 1 aromatic carbocycles. The highest BCUT2D eigenvalue weighted by atomic mass is 16.6. The zero-order valence-electron chi connectivity index (χ0n) is 12.0. The zero-order valence-corrected chi connectivity index (χ0v) is 12.0. The van der Waals surface area contributed by atoms with Crippen molar-refractivity contribution < 1.29 is 4.92 Å². The van der Waals surface area contributed by atoms with Gasteiger partial charge in [-0.1, -0.05) is 45.1 Å².